The minimum Gasteiger partial charge on any atom is -0.0622 e. The number of hydrogen-bond acceptors (Lipinski definition) is 0. The second-order valence-electron chi connectivity index (χ2n) is 21.8. The van der Waals surface area contributed by atoms with Crippen LogP contribution in [0.4, 0.5) is 0 Å². The van der Waals surface area contributed by atoms with Gasteiger partial charge in [-0.15, -0.1) is 0 Å². The van der Waals surface area contributed by atoms with E-state index in [1.807, 2.05) is 0 Å². The van der Waals surface area contributed by atoms with E-state index in [1.54, 1.807) is 0 Å². The molecule has 0 N–H and O–H groups in total. The maximum absolute atomic E-state index is 2.59. The summed E-state index contributed by atoms with van der Waals surface area (Å²) in [5.74, 6) is 0. The normalized spacial score (nSPS) is 14.8. The lowest BCUT2D eigenvalue weighted by Crippen LogP contribution is -2.17. The highest BCUT2D eigenvalue weighted by molar-refractivity contribution is 5.96. The van der Waals surface area contributed by atoms with Crippen molar-refractivity contribution in [2.45, 2.75) is 64.7 Å². The first-order valence-electron chi connectivity index (χ1n) is 25.1. The third kappa shape index (κ3) is 6.43. The van der Waals surface area contributed by atoms with E-state index >= 15 is 0 Å². The number of hydrogen-bond donors (Lipinski definition) is 0. The van der Waals surface area contributed by atoms with Crippen LogP contribution in [0.3, 0.4) is 0 Å². The third-order valence-electron chi connectivity index (χ3n) is 16.5. The van der Waals surface area contributed by atoms with Gasteiger partial charge in [0.25, 0.3) is 0 Å². The fraction of sp³-hybridized carbons (Fsp3) is 0.143. The lowest BCUT2D eigenvalue weighted by molar-refractivity contribution is 0.649. The van der Waals surface area contributed by atoms with E-state index in [4.69, 9.17) is 0 Å². The van der Waals surface area contributed by atoms with Crippen LogP contribution in [-0.4, -0.2) is 0 Å². The van der Waals surface area contributed by atoms with Gasteiger partial charge in [-0.25, -0.2) is 0 Å². The molecule has 336 valence electrons. The lowest BCUT2D eigenvalue weighted by Gasteiger charge is -2.25. The number of aryl methyl sites for hydroxylation is 1. The van der Waals surface area contributed by atoms with E-state index in [1.165, 1.54) is 139 Å². The summed E-state index contributed by atoms with van der Waals surface area (Å²) in [6.07, 6.45) is 0. The van der Waals surface area contributed by atoms with E-state index in [9.17, 15) is 0 Å². The van der Waals surface area contributed by atoms with Crippen molar-refractivity contribution in [2.24, 2.45) is 0 Å². The summed E-state index contributed by atoms with van der Waals surface area (Å²) in [5.41, 5.74) is 32.5. The van der Waals surface area contributed by atoms with Gasteiger partial charge < -0.3 is 0 Å². The molecule has 0 aromatic heterocycles. The van der Waals surface area contributed by atoms with Crippen molar-refractivity contribution in [3.8, 4) is 100 Å². The molecular formula is C70H56. The minimum atomic E-state index is -0.187. The minimum absolute atomic E-state index is 0.167. The smallest absolute Gasteiger partial charge is 0.0159 e. The molecule has 0 amide bonds. The molecule has 0 fully saturated rings. The molecule has 0 saturated carbocycles. The number of benzene rings is 10. The van der Waals surface area contributed by atoms with Crippen LogP contribution < -0.4 is 0 Å². The van der Waals surface area contributed by atoms with Crippen molar-refractivity contribution < 1.29 is 0 Å². The molecule has 3 aliphatic carbocycles. The Bertz CT molecular complexity index is 3640. The fourth-order valence-electron chi connectivity index (χ4n) is 12.6. The maximum Gasteiger partial charge on any atom is 0.0159 e. The summed E-state index contributed by atoms with van der Waals surface area (Å²) < 4.78 is 0. The molecule has 0 atom stereocenters. The summed E-state index contributed by atoms with van der Waals surface area (Å²) in [6.45, 7) is 17.0. The fourth-order valence-corrected chi connectivity index (χ4v) is 12.6. The number of rotatable bonds is 6. The number of fused-ring (bicyclic) bond motifs is 9. The molecule has 3 aliphatic rings. The molecule has 13 rings (SSSR count). The van der Waals surface area contributed by atoms with Crippen LogP contribution in [0.2, 0.25) is 0 Å². The van der Waals surface area contributed by atoms with E-state index < -0.39 is 0 Å². The Balaban J connectivity index is 0.895. The highest BCUT2D eigenvalue weighted by Gasteiger charge is 2.45. The van der Waals surface area contributed by atoms with Crippen molar-refractivity contribution in [1.29, 1.82) is 0 Å². The second kappa shape index (κ2) is 15.4. The van der Waals surface area contributed by atoms with Gasteiger partial charge in [0, 0.05) is 16.2 Å². The Morgan fingerprint density at radius 1 is 0.214 bits per heavy atom. The zero-order chi connectivity index (χ0) is 47.7. The third-order valence-corrected chi connectivity index (χ3v) is 16.5. The molecule has 0 nitrogen and oxygen atoms in total. The van der Waals surface area contributed by atoms with Crippen molar-refractivity contribution in [2.75, 3.05) is 0 Å². The molecule has 0 radical (unpaired) electrons. The van der Waals surface area contributed by atoms with Gasteiger partial charge in [0.2, 0.25) is 0 Å². The predicted molar refractivity (Wildman–Crippen MR) is 296 cm³/mol. The van der Waals surface area contributed by atoms with Gasteiger partial charge >= 0.3 is 0 Å². The molecule has 0 heteroatoms. The molecule has 70 heavy (non-hydrogen) atoms. The summed E-state index contributed by atoms with van der Waals surface area (Å²) >= 11 is 0. The van der Waals surface area contributed by atoms with Gasteiger partial charge in [-0.05, 0) is 219 Å². The predicted octanol–water partition coefficient (Wildman–Crippen LogP) is 18.9. The maximum atomic E-state index is 2.59. The molecule has 10 aromatic rings. The van der Waals surface area contributed by atoms with Crippen molar-refractivity contribution in [3.63, 3.8) is 0 Å². The van der Waals surface area contributed by atoms with E-state index in [0.29, 0.717) is 0 Å². The van der Waals surface area contributed by atoms with Gasteiger partial charge in [0.1, 0.15) is 0 Å². The zero-order valence-corrected chi connectivity index (χ0v) is 41.2. The van der Waals surface area contributed by atoms with Crippen LogP contribution >= 0.6 is 0 Å². The molecule has 0 bridgehead atoms. The average Bonchev–Trinajstić information content (AvgIpc) is 3.86. The Hall–Kier alpha value is -7.80. The lowest BCUT2D eigenvalue weighted by atomic mass is 9.78. The SMILES string of the molecule is Cc1cc(-c2cc(-c3ccccc3)cc(-c3ccccc3)c2)cc2c1-c1cc3c(cc1C2(C)C)-c1cc2c(cc1C3(C)C)-c1ccc(-c3cc(-c4ccccc4)cc(-c4ccccc4)c3)cc1C2(C)C. The first-order valence-corrected chi connectivity index (χ1v) is 25.1. The Labute approximate surface area is 414 Å². The first kappa shape index (κ1) is 42.3. The van der Waals surface area contributed by atoms with Gasteiger partial charge in [0.05, 0.1) is 0 Å². The molecule has 0 aliphatic heterocycles. The van der Waals surface area contributed by atoms with Crippen LogP contribution in [0, 0.1) is 6.92 Å². The summed E-state index contributed by atoms with van der Waals surface area (Å²) in [5, 5.41) is 0. The highest BCUT2D eigenvalue weighted by atomic mass is 14.5. The Morgan fingerprint density at radius 2 is 0.500 bits per heavy atom. The van der Waals surface area contributed by atoms with Gasteiger partial charge in [-0.2, -0.15) is 0 Å². The van der Waals surface area contributed by atoms with Crippen LogP contribution in [0.1, 0.15) is 80.5 Å². The summed E-state index contributed by atoms with van der Waals surface area (Å²) in [4.78, 5) is 0. The van der Waals surface area contributed by atoms with E-state index in [-0.39, 0.29) is 16.2 Å². The topological polar surface area (TPSA) is 0 Å². The van der Waals surface area contributed by atoms with E-state index in [2.05, 4.69) is 261 Å². The largest absolute Gasteiger partial charge is 0.0622 e. The standard InChI is InChI=1S/C70H56/c1-43-30-49(55-35-52(46-24-16-10-17-25-46)32-53(36-55)47-26-18-11-19-27-47)38-66-67(43)60-42-64-59(41-65(60)70(66,6)7)58-40-62-57(39-63(58)69(64,4)5)56-29-28-48(37-61(56)68(62,2)3)54-33-50(44-20-12-8-13-21-44)31-51(34-54)45-22-14-9-15-23-45/h8-42H,1-7H3. The molecule has 0 heterocycles. The van der Waals surface area contributed by atoms with Crippen LogP contribution in [0.15, 0.2) is 212 Å². The monoisotopic (exact) mass is 896 g/mol. The van der Waals surface area contributed by atoms with Gasteiger partial charge in [-0.3, -0.25) is 0 Å². The Kier molecular flexibility index (Phi) is 9.28. The first-order chi connectivity index (χ1) is 33.8. The van der Waals surface area contributed by atoms with Crippen molar-refractivity contribution in [1.82, 2.24) is 0 Å². The zero-order valence-electron chi connectivity index (χ0n) is 41.2. The van der Waals surface area contributed by atoms with Crippen LogP contribution in [0.5, 0.6) is 0 Å². The summed E-state index contributed by atoms with van der Waals surface area (Å²) in [7, 11) is 0. The second-order valence-corrected chi connectivity index (χ2v) is 21.8. The molecule has 0 spiro atoms. The Morgan fingerprint density at radius 3 is 0.914 bits per heavy atom. The van der Waals surface area contributed by atoms with Crippen molar-refractivity contribution >= 4 is 0 Å². The quantitative estimate of drug-likeness (QED) is 0.156. The molecule has 0 unspecified atom stereocenters. The van der Waals surface area contributed by atoms with Gasteiger partial charge in [-0.1, -0.05) is 181 Å². The molecular weight excluding hydrogens is 841 g/mol. The van der Waals surface area contributed by atoms with E-state index in [0.717, 1.165) is 0 Å². The van der Waals surface area contributed by atoms with Gasteiger partial charge in [0.15, 0.2) is 0 Å². The molecule has 0 saturated heterocycles. The molecule has 10 aromatic carbocycles. The average molecular weight is 897 g/mol. The van der Waals surface area contributed by atoms with Crippen molar-refractivity contribution in [3.05, 3.63) is 251 Å². The van der Waals surface area contributed by atoms with Crippen LogP contribution in [-0.2, 0) is 16.2 Å². The van der Waals surface area contributed by atoms with Crippen LogP contribution in [0.25, 0.3) is 100 Å². The summed E-state index contributed by atoms with van der Waals surface area (Å²) in [6, 6.07) is 79.9. The highest BCUT2D eigenvalue weighted by Crippen LogP contribution is 2.60.